The second-order valence-corrected chi connectivity index (χ2v) is 5.61. The molecule has 2 rings (SSSR count). The van der Waals surface area contributed by atoms with Gasteiger partial charge in [0, 0.05) is 12.2 Å². The summed E-state index contributed by atoms with van der Waals surface area (Å²) in [6.45, 7) is 4.73. The van der Waals surface area contributed by atoms with Gasteiger partial charge < -0.3 is 10.1 Å². The van der Waals surface area contributed by atoms with E-state index >= 15 is 0 Å². The quantitative estimate of drug-likeness (QED) is 0.799. The second-order valence-electron chi connectivity index (χ2n) is 4.80. The van der Waals surface area contributed by atoms with Gasteiger partial charge in [0.15, 0.2) is 0 Å². The highest BCUT2D eigenvalue weighted by Gasteiger charge is 2.01. The van der Waals surface area contributed by atoms with Gasteiger partial charge in [0.05, 0.1) is 16.1 Å². The van der Waals surface area contributed by atoms with Gasteiger partial charge in [-0.15, -0.1) is 0 Å². The highest BCUT2D eigenvalue weighted by atomic mass is 35.5. The van der Waals surface area contributed by atoms with Gasteiger partial charge in [-0.3, -0.25) is 0 Å². The third kappa shape index (κ3) is 4.32. The van der Waals surface area contributed by atoms with Crippen molar-refractivity contribution in [3.05, 3.63) is 58.1 Å². The van der Waals surface area contributed by atoms with E-state index in [1.165, 1.54) is 0 Å². The van der Waals surface area contributed by atoms with Crippen molar-refractivity contribution in [1.82, 2.24) is 0 Å². The predicted octanol–water partition coefficient (Wildman–Crippen LogP) is 5.39. The van der Waals surface area contributed by atoms with Crippen molar-refractivity contribution < 1.29 is 4.74 Å². The summed E-state index contributed by atoms with van der Waals surface area (Å²) in [7, 11) is 0. The van der Waals surface area contributed by atoms with Crippen LogP contribution in [0.3, 0.4) is 0 Å². The van der Waals surface area contributed by atoms with Crippen LogP contribution in [0.5, 0.6) is 5.75 Å². The summed E-state index contributed by atoms with van der Waals surface area (Å²) >= 11 is 11.9. The number of ether oxygens (including phenoxy) is 1. The molecule has 0 aliphatic carbocycles. The lowest BCUT2D eigenvalue weighted by molar-refractivity contribution is 0.242. The molecule has 0 aliphatic rings. The fourth-order valence-electron chi connectivity index (χ4n) is 1.81. The molecule has 0 aliphatic heterocycles. The molecule has 0 amide bonds. The molecule has 0 atom stereocenters. The van der Waals surface area contributed by atoms with Crippen LogP contribution in [0.4, 0.5) is 5.69 Å². The number of hydrogen-bond acceptors (Lipinski definition) is 2. The summed E-state index contributed by atoms with van der Waals surface area (Å²) in [6, 6.07) is 13.5. The van der Waals surface area contributed by atoms with Crippen LogP contribution in [0.25, 0.3) is 0 Å². The van der Waals surface area contributed by atoms with E-state index in [0.717, 1.165) is 17.0 Å². The van der Waals surface area contributed by atoms with Crippen molar-refractivity contribution in [2.45, 2.75) is 26.5 Å². The molecule has 4 heteroatoms. The van der Waals surface area contributed by atoms with Crippen LogP contribution in [0.1, 0.15) is 19.4 Å². The summed E-state index contributed by atoms with van der Waals surface area (Å²) in [5.74, 6) is 0.883. The Hall–Kier alpha value is -1.38. The summed E-state index contributed by atoms with van der Waals surface area (Å²) in [4.78, 5) is 0. The van der Waals surface area contributed by atoms with Gasteiger partial charge in [0.1, 0.15) is 5.75 Å². The lowest BCUT2D eigenvalue weighted by Crippen LogP contribution is -2.06. The summed E-state index contributed by atoms with van der Waals surface area (Å²) in [5, 5.41) is 4.42. The number of nitrogens with one attached hydrogen (secondary N) is 1. The molecule has 0 aromatic heterocycles. The van der Waals surface area contributed by atoms with Crippen LogP contribution >= 0.6 is 23.2 Å². The zero-order valence-electron chi connectivity index (χ0n) is 11.5. The Bertz CT molecular complexity index is 584. The standard InChI is InChI=1S/C16H17Cl2NO/c1-11(2)20-14-5-3-4-12(8-14)10-19-13-6-7-15(17)16(18)9-13/h3-9,11,19H,10H2,1-2H3. The van der Waals surface area contributed by atoms with Crippen LogP contribution in [-0.4, -0.2) is 6.10 Å². The monoisotopic (exact) mass is 309 g/mol. The Morgan fingerprint density at radius 1 is 1.05 bits per heavy atom. The maximum Gasteiger partial charge on any atom is 0.120 e. The van der Waals surface area contributed by atoms with E-state index in [9.17, 15) is 0 Å². The second kappa shape index (κ2) is 6.87. The largest absolute Gasteiger partial charge is 0.491 e. The first-order valence-corrected chi connectivity index (χ1v) is 7.24. The summed E-state index contributed by atoms with van der Waals surface area (Å²) in [6.07, 6.45) is 0.174. The number of halogens is 2. The zero-order valence-corrected chi connectivity index (χ0v) is 13.0. The lowest BCUT2D eigenvalue weighted by Gasteiger charge is -2.12. The average molecular weight is 310 g/mol. The van der Waals surface area contributed by atoms with Crippen LogP contribution < -0.4 is 10.1 Å². The highest BCUT2D eigenvalue weighted by Crippen LogP contribution is 2.25. The van der Waals surface area contributed by atoms with Gasteiger partial charge in [0.2, 0.25) is 0 Å². The first-order valence-electron chi connectivity index (χ1n) is 6.49. The molecule has 0 spiro atoms. The molecular formula is C16H17Cl2NO. The van der Waals surface area contributed by atoms with Gasteiger partial charge in [-0.25, -0.2) is 0 Å². The summed E-state index contributed by atoms with van der Waals surface area (Å²) in [5.41, 5.74) is 2.09. The van der Waals surface area contributed by atoms with E-state index in [1.807, 2.05) is 44.2 Å². The van der Waals surface area contributed by atoms with E-state index in [4.69, 9.17) is 27.9 Å². The molecule has 20 heavy (non-hydrogen) atoms. The molecule has 0 saturated carbocycles. The minimum atomic E-state index is 0.174. The van der Waals surface area contributed by atoms with Crippen molar-refractivity contribution in [2.24, 2.45) is 0 Å². The maximum atomic E-state index is 5.99. The fourth-order valence-corrected chi connectivity index (χ4v) is 2.11. The molecule has 0 fully saturated rings. The number of rotatable bonds is 5. The first-order chi connectivity index (χ1) is 9.54. The van der Waals surface area contributed by atoms with E-state index < -0.39 is 0 Å². The Labute approximate surface area is 129 Å². The van der Waals surface area contributed by atoms with E-state index in [0.29, 0.717) is 16.6 Å². The normalized spacial score (nSPS) is 10.7. The topological polar surface area (TPSA) is 21.3 Å². The molecule has 0 bridgehead atoms. The predicted molar refractivity (Wildman–Crippen MR) is 86.0 cm³/mol. The van der Waals surface area contributed by atoms with Crippen molar-refractivity contribution in [2.75, 3.05) is 5.32 Å². The Morgan fingerprint density at radius 2 is 1.85 bits per heavy atom. The minimum Gasteiger partial charge on any atom is -0.491 e. The van der Waals surface area contributed by atoms with Crippen LogP contribution in [0.15, 0.2) is 42.5 Å². The van der Waals surface area contributed by atoms with Gasteiger partial charge >= 0.3 is 0 Å². The molecule has 2 aromatic rings. The van der Waals surface area contributed by atoms with Crippen LogP contribution in [-0.2, 0) is 6.54 Å². The van der Waals surface area contributed by atoms with Crippen molar-refractivity contribution in [3.63, 3.8) is 0 Å². The number of hydrogen-bond donors (Lipinski definition) is 1. The number of benzene rings is 2. The molecule has 0 radical (unpaired) electrons. The Kier molecular flexibility index (Phi) is 5.16. The average Bonchev–Trinajstić information content (AvgIpc) is 2.40. The van der Waals surface area contributed by atoms with E-state index in [-0.39, 0.29) is 6.10 Å². The van der Waals surface area contributed by atoms with Crippen LogP contribution in [0.2, 0.25) is 10.0 Å². The van der Waals surface area contributed by atoms with Crippen LogP contribution in [0, 0.1) is 0 Å². The van der Waals surface area contributed by atoms with Gasteiger partial charge in [-0.1, -0.05) is 35.3 Å². The van der Waals surface area contributed by atoms with E-state index in [1.54, 1.807) is 6.07 Å². The smallest absolute Gasteiger partial charge is 0.120 e. The SMILES string of the molecule is CC(C)Oc1cccc(CNc2ccc(Cl)c(Cl)c2)c1. The van der Waals surface area contributed by atoms with Gasteiger partial charge in [-0.2, -0.15) is 0 Å². The highest BCUT2D eigenvalue weighted by molar-refractivity contribution is 6.42. The number of anilines is 1. The third-order valence-corrected chi connectivity index (χ3v) is 3.43. The molecule has 106 valence electrons. The molecule has 0 heterocycles. The molecule has 2 nitrogen and oxygen atoms in total. The first kappa shape index (κ1) is 15.0. The van der Waals surface area contributed by atoms with Crippen molar-refractivity contribution >= 4 is 28.9 Å². The molecule has 1 N–H and O–H groups in total. The third-order valence-electron chi connectivity index (χ3n) is 2.69. The minimum absolute atomic E-state index is 0.174. The zero-order chi connectivity index (χ0) is 14.5. The molecular weight excluding hydrogens is 293 g/mol. The molecule has 2 aromatic carbocycles. The maximum absolute atomic E-state index is 5.99. The van der Waals surface area contributed by atoms with Crippen molar-refractivity contribution in [1.29, 1.82) is 0 Å². The molecule has 0 saturated heterocycles. The molecule has 0 unspecified atom stereocenters. The Morgan fingerprint density at radius 3 is 2.55 bits per heavy atom. The lowest BCUT2D eigenvalue weighted by atomic mass is 10.2. The summed E-state index contributed by atoms with van der Waals surface area (Å²) < 4.78 is 5.68. The van der Waals surface area contributed by atoms with Gasteiger partial charge in [0.25, 0.3) is 0 Å². The fraction of sp³-hybridized carbons (Fsp3) is 0.250. The van der Waals surface area contributed by atoms with E-state index in [2.05, 4.69) is 11.4 Å². The Balaban J connectivity index is 2.01. The van der Waals surface area contributed by atoms with Gasteiger partial charge in [-0.05, 0) is 49.7 Å². The van der Waals surface area contributed by atoms with Crippen molar-refractivity contribution in [3.8, 4) is 5.75 Å².